The molecule has 0 saturated heterocycles. The van der Waals surface area contributed by atoms with Gasteiger partial charge in [-0.25, -0.2) is 4.39 Å². The molecular weight excluding hydrogens is 231 g/mol. The third-order valence-electron chi connectivity index (χ3n) is 3.19. The first-order chi connectivity index (χ1) is 8.41. The van der Waals surface area contributed by atoms with Crippen molar-refractivity contribution in [3.8, 4) is 0 Å². The third-order valence-corrected chi connectivity index (χ3v) is 3.19. The topological polar surface area (TPSA) is 41.1 Å². The predicted molar refractivity (Wildman–Crippen MR) is 72.4 cm³/mol. The molecule has 100 valence electrons. The molecule has 0 aromatic heterocycles. The molecule has 0 radical (unpaired) electrons. The fourth-order valence-corrected chi connectivity index (χ4v) is 1.51. The molecule has 0 aliphatic carbocycles. The number of halogens is 1. The van der Waals surface area contributed by atoms with Crippen LogP contribution >= 0.6 is 0 Å². The summed E-state index contributed by atoms with van der Waals surface area (Å²) >= 11 is 0. The second-order valence-corrected chi connectivity index (χ2v) is 5.11. The summed E-state index contributed by atoms with van der Waals surface area (Å²) in [5, 5.41) is 5.57. The lowest BCUT2D eigenvalue weighted by Crippen LogP contribution is -2.34. The van der Waals surface area contributed by atoms with Crippen LogP contribution in [-0.4, -0.2) is 19.5 Å². The number of hydrogen-bond donors (Lipinski definition) is 2. The van der Waals surface area contributed by atoms with E-state index in [9.17, 15) is 9.18 Å². The normalized spacial score (nSPS) is 11.2. The fraction of sp³-hybridized carbons (Fsp3) is 0.500. The first-order valence-electron chi connectivity index (χ1n) is 6.15. The van der Waals surface area contributed by atoms with Gasteiger partial charge in [-0.15, -0.1) is 0 Å². The highest BCUT2D eigenvalue weighted by Crippen LogP contribution is 2.21. The molecule has 1 rings (SSSR count). The summed E-state index contributed by atoms with van der Waals surface area (Å²) in [7, 11) is 1.60. The molecule has 0 spiro atoms. The van der Waals surface area contributed by atoms with Crippen molar-refractivity contribution in [1.82, 2.24) is 5.32 Å². The van der Waals surface area contributed by atoms with Crippen molar-refractivity contribution in [3.05, 3.63) is 29.6 Å². The van der Waals surface area contributed by atoms with Gasteiger partial charge in [0.25, 0.3) is 5.91 Å². The predicted octanol–water partition coefficient (Wildman–Crippen LogP) is 3.03. The Bertz CT molecular complexity index is 430. The van der Waals surface area contributed by atoms with E-state index in [1.807, 2.05) is 0 Å². The van der Waals surface area contributed by atoms with E-state index in [1.165, 1.54) is 12.1 Å². The maximum atomic E-state index is 13.5. The van der Waals surface area contributed by atoms with Crippen molar-refractivity contribution in [2.45, 2.75) is 27.2 Å². The lowest BCUT2D eigenvalue weighted by molar-refractivity contribution is 0.0936. The monoisotopic (exact) mass is 252 g/mol. The number of amides is 1. The molecule has 0 aliphatic heterocycles. The van der Waals surface area contributed by atoms with Crippen LogP contribution in [0.25, 0.3) is 0 Å². The van der Waals surface area contributed by atoms with Gasteiger partial charge in [0.15, 0.2) is 0 Å². The highest BCUT2D eigenvalue weighted by molar-refractivity contribution is 5.99. The lowest BCUT2D eigenvalue weighted by atomic mass is 9.90. The highest BCUT2D eigenvalue weighted by atomic mass is 19.1. The molecule has 0 atom stereocenters. The Kier molecular flexibility index (Phi) is 4.70. The number of hydrogen-bond acceptors (Lipinski definition) is 2. The van der Waals surface area contributed by atoms with Gasteiger partial charge >= 0.3 is 0 Å². The summed E-state index contributed by atoms with van der Waals surface area (Å²) in [6.45, 7) is 6.81. The van der Waals surface area contributed by atoms with E-state index in [1.54, 1.807) is 13.1 Å². The van der Waals surface area contributed by atoms with Crippen LogP contribution < -0.4 is 10.6 Å². The molecule has 0 unspecified atom stereocenters. The highest BCUT2D eigenvalue weighted by Gasteiger charge is 2.19. The van der Waals surface area contributed by atoms with Crippen molar-refractivity contribution in [1.29, 1.82) is 0 Å². The average Bonchev–Trinajstić information content (AvgIpc) is 2.35. The van der Waals surface area contributed by atoms with Crippen LogP contribution in [0.3, 0.4) is 0 Å². The molecule has 0 heterocycles. The van der Waals surface area contributed by atoms with E-state index in [-0.39, 0.29) is 17.0 Å². The summed E-state index contributed by atoms with van der Waals surface area (Å²) < 4.78 is 13.5. The molecule has 0 saturated carbocycles. The molecule has 18 heavy (non-hydrogen) atoms. The molecule has 1 aromatic rings. The zero-order valence-electron chi connectivity index (χ0n) is 11.4. The van der Waals surface area contributed by atoms with Crippen molar-refractivity contribution >= 4 is 11.6 Å². The molecule has 0 aliphatic rings. The summed E-state index contributed by atoms with van der Waals surface area (Å²) in [6, 6.07) is 4.48. The first kappa shape index (κ1) is 14.5. The van der Waals surface area contributed by atoms with Crippen LogP contribution in [0.2, 0.25) is 0 Å². The van der Waals surface area contributed by atoms with E-state index in [0.717, 1.165) is 6.42 Å². The zero-order valence-corrected chi connectivity index (χ0v) is 11.4. The summed E-state index contributed by atoms with van der Waals surface area (Å²) in [4.78, 5) is 12.0. The van der Waals surface area contributed by atoms with E-state index in [0.29, 0.717) is 12.1 Å². The Labute approximate surface area is 108 Å². The molecule has 1 aromatic carbocycles. The smallest absolute Gasteiger partial charge is 0.253 e. The minimum absolute atomic E-state index is 0.0444. The maximum Gasteiger partial charge on any atom is 0.253 e. The Balaban J connectivity index is 2.82. The van der Waals surface area contributed by atoms with Crippen LogP contribution in [0.5, 0.6) is 0 Å². The minimum atomic E-state index is -0.417. The Morgan fingerprint density at radius 2 is 2.06 bits per heavy atom. The number of rotatable bonds is 5. The molecule has 3 nitrogen and oxygen atoms in total. The summed E-state index contributed by atoms with van der Waals surface area (Å²) in [5.74, 6) is -0.666. The second-order valence-electron chi connectivity index (χ2n) is 5.11. The Morgan fingerprint density at radius 1 is 1.39 bits per heavy atom. The number of anilines is 1. The largest absolute Gasteiger partial charge is 0.385 e. The standard InChI is InChI=1S/C14H21FN2O/c1-5-14(2,3)9-17-13(18)10-7-6-8-11(15)12(10)16-4/h6-8,16H,5,9H2,1-4H3,(H,17,18). The van der Waals surface area contributed by atoms with Gasteiger partial charge in [0.1, 0.15) is 5.82 Å². The molecule has 1 amide bonds. The Morgan fingerprint density at radius 3 is 2.61 bits per heavy atom. The number of carbonyl (C=O) groups is 1. The second kappa shape index (κ2) is 5.85. The minimum Gasteiger partial charge on any atom is -0.385 e. The fourth-order valence-electron chi connectivity index (χ4n) is 1.51. The van der Waals surface area contributed by atoms with Crippen molar-refractivity contribution in [2.75, 3.05) is 18.9 Å². The third kappa shape index (κ3) is 3.45. The molecule has 4 heteroatoms. The van der Waals surface area contributed by atoms with Gasteiger partial charge in [0, 0.05) is 13.6 Å². The molecular formula is C14H21FN2O. The zero-order chi connectivity index (χ0) is 13.8. The maximum absolute atomic E-state index is 13.5. The van der Waals surface area contributed by atoms with Gasteiger partial charge in [0.2, 0.25) is 0 Å². The lowest BCUT2D eigenvalue weighted by Gasteiger charge is -2.23. The SMILES string of the molecule is CCC(C)(C)CNC(=O)c1cccc(F)c1NC. The quantitative estimate of drug-likeness (QED) is 0.845. The van der Waals surface area contributed by atoms with Crippen LogP contribution in [0.4, 0.5) is 10.1 Å². The summed E-state index contributed by atoms with van der Waals surface area (Å²) in [5.41, 5.74) is 0.622. The van der Waals surface area contributed by atoms with Crippen LogP contribution in [0.15, 0.2) is 18.2 Å². The van der Waals surface area contributed by atoms with Gasteiger partial charge in [-0.3, -0.25) is 4.79 Å². The number of benzene rings is 1. The number of para-hydroxylation sites is 1. The van der Waals surface area contributed by atoms with Crippen LogP contribution in [0.1, 0.15) is 37.6 Å². The van der Waals surface area contributed by atoms with E-state index in [4.69, 9.17) is 0 Å². The van der Waals surface area contributed by atoms with Gasteiger partial charge in [-0.05, 0) is 24.0 Å². The van der Waals surface area contributed by atoms with Gasteiger partial charge in [-0.1, -0.05) is 26.8 Å². The Hall–Kier alpha value is -1.58. The van der Waals surface area contributed by atoms with Gasteiger partial charge < -0.3 is 10.6 Å². The van der Waals surface area contributed by atoms with E-state index < -0.39 is 5.82 Å². The average molecular weight is 252 g/mol. The van der Waals surface area contributed by atoms with Gasteiger partial charge in [0.05, 0.1) is 11.3 Å². The van der Waals surface area contributed by atoms with Crippen molar-refractivity contribution in [3.63, 3.8) is 0 Å². The van der Waals surface area contributed by atoms with Crippen molar-refractivity contribution < 1.29 is 9.18 Å². The molecule has 2 N–H and O–H groups in total. The van der Waals surface area contributed by atoms with Crippen LogP contribution in [0, 0.1) is 11.2 Å². The van der Waals surface area contributed by atoms with Crippen LogP contribution in [-0.2, 0) is 0 Å². The molecule has 0 bridgehead atoms. The van der Waals surface area contributed by atoms with Gasteiger partial charge in [-0.2, -0.15) is 0 Å². The van der Waals surface area contributed by atoms with Crippen molar-refractivity contribution in [2.24, 2.45) is 5.41 Å². The van der Waals surface area contributed by atoms with E-state index >= 15 is 0 Å². The number of carbonyl (C=O) groups excluding carboxylic acids is 1. The number of nitrogens with one attached hydrogen (secondary N) is 2. The first-order valence-corrected chi connectivity index (χ1v) is 6.15. The molecule has 0 fully saturated rings. The summed E-state index contributed by atoms with van der Waals surface area (Å²) in [6.07, 6.45) is 0.968. The van der Waals surface area contributed by atoms with E-state index in [2.05, 4.69) is 31.4 Å².